The van der Waals surface area contributed by atoms with Crippen molar-refractivity contribution < 1.29 is 17.6 Å². The summed E-state index contributed by atoms with van der Waals surface area (Å²) < 4.78 is 50.4. The first-order valence-electron chi connectivity index (χ1n) is 5.15. The predicted molar refractivity (Wildman–Crippen MR) is 58.3 cm³/mol. The average molecular weight is 265 g/mol. The van der Waals surface area contributed by atoms with Crippen LogP contribution in [0.4, 0.5) is 17.6 Å². The first-order valence-corrected chi connectivity index (χ1v) is 6.03. The van der Waals surface area contributed by atoms with Crippen LogP contribution < -0.4 is 5.73 Å². The fourth-order valence-electron chi connectivity index (χ4n) is 1.69. The summed E-state index contributed by atoms with van der Waals surface area (Å²) in [5.74, 6) is -1.23. The van der Waals surface area contributed by atoms with Crippen LogP contribution in [0.5, 0.6) is 0 Å². The van der Waals surface area contributed by atoms with Gasteiger partial charge in [0.05, 0.1) is 5.56 Å². The highest BCUT2D eigenvalue weighted by atomic mass is 32.2. The van der Waals surface area contributed by atoms with Gasteiger partial charge in [0.15, 0.2) is 0 Å². The van der Waals surface area contributed by atoms with Gasteiger partial charge in [-0.25, -0.2) is 4.39 Å². The lowest BCUT2D eigenvalue weighted by molar-refractivity contribution is -0.140. The molecule has 0 aromatic heterocycles. The summed E-state index contributed by atoms with van der Waals surface area (Å²) in [5.41, 5.74) is 4.39. The molecule has 6 heteroatoms. The van der Waals surface area contributed by atoms with Crippen molar-refractivity contribution >= 4 is 11.8 Å². The van der Waals surface area contributed by atoms with E-state index < -0.39 is 17.6 Å². The second-order valence-corrected chi connectivity index (χ2v) is 5.48. The van der Waals surface area contributed by atoms with Crippen LogP contribution in [-0.4, -0.2) is 11.3 Å². The van der Waals surface area contributed by atoms with Gasteiger partial charge in [-0.3, -0.25) is 0 Å². The van der Waals surface area contributed by atoms with Crippen LogP contribution >= 0.6 is 11.8 Å². The Labute approximate surface area is 100 Å². The highest BCUT2D eigenvalue weighted by molar-refractivity contribution is 8.00. The number of benzene rings is 1. The number of hydrogen-bond acceptors (Lipinski definition) is 2. The molecule has 0 unspecified atom stereocenters. The third-order valence-electron chi connectivity index (χ3n) is 2.68. The van der Waals surface area contributed by atoms with Gasteiger partial charge in [0.1, 0.15) is 5.82 Å². The Morgan fingerprint density at radius 3 is 2.41 bits per heavy atom. The molecule has 1 aliphatic carbocycles. The van der Waals surface area contributed by atoms with Crippen LogP contribution in [0, 0.1) is 5.82 Å². The Morgan fingerprint density at radius 2 is 1.88 bits per heavy atom. The topological polar surface area (TPSA) is 26.0 Å². The lowest BCUT2D eigenvalue weighted by atomic mass is 9.94. The van der Waals surface area contributed by atoms with E-state index in [0.29, 0.717) is 4.90 Å². The summed E-state index contributed by atoms with van der Waals surface area (Å²) in [7, 11) is 0. The standard InChI is InChI=1S/C11H11F4NS/c12-10-2-1-7(5-9(10)11(13,14)15)17-8-3-6(16)4-8/h1-2,5-6,8H,3-4,16H2/t6-,8-. The van der Waals surface area contributed by atoms with E-state index in [2.05, 4.69) is 0 Å². The first kappa shape index (κ1) is 12.7. The van der Waals surface area contributed by atoms with Crippen molar-refractivity contribution in [3.05, 3.63) is 29.6 Å². The summed E-state index contributed by atoms with van der Waals surface area (Å²) in [6.07, 6.45) is -3.05. The van der Waals surface area contributed by atoms with Gasteiger partial charge >= 0.3 is 6.18 Å². The molecule has 17 heavy (non-hydrogen) atoms. The molecule has 1 saturated carbocycles. The first-order chi connectivity index (χ1) is 7.86. The van der Waals surface area contributed by atoms with Gasteiger partial charge in [-0.05, 0) is 31.0 Å². The molecular formula is C11H11F4NS. The van der Waals surface area contributed by atoms with Gasteiger partial charge in [-0.1, -0.05) is 0 Å². The second-order valence-electron chi connectivity index (χ2n) is 4.11. The maximum atomic E-state index is 13.0. The molecule has 2 N–H and O–H groups in total. The van der Waals surface area contributed by atoms with E-state index in [1.54, 1.807) is 0 Å². The van der Waals surface area contributed by atoms with Crippen molar-refractivity contribution in [3.63, 3.8) is 0 Å². The molecule has 94 valence electrons. The summed E-state index contributed by atoms with van der Waals surface area (Å²) in [5, 5.41) is 0.247. The van der Waals surface area contributed by atoms with Crippen LogP contribution in [0.1, 0.15) is 18.4 Å². The molecular weight excluding hydrogens is 254 g/mol. The van der Waals surface area contributed by atoms with E-state index in [4.69, 9.17) is 5.73 Å². The molecule has 1 fully saturated rings. The van der Waals surface area contributed by atoms with Gasteiger partial charge in [0.2, 0.25) is 0 Å². The number of rotatable bonds is 2. The Bertz CT molecular complexity index is 412. The lowest BCUT2D eigenvalue weighted by Gasteiger charge is -2.31. The van der Waals surface area contributed by atoms with E-state index >= 15 is 0 Å². The summed E-state index contributed by atoms with van der Waals surface area (Å²) >= 11 is 1.33. The molecule has 1 aromatic rings. The van der Waals surface area contributed by atoms with E-state index in [0.717, 1.165) is 25.0 Å². The maximum Gasteiger partial charge on any atom is 0.419 e. The number of hydrogen-bond donors (Lipinski definition) is 1. The highest BCUT2D eigenvalue weighted by Gasteiger charge is 2.35. The zero-order valence-electron chi connectivity index (χ0n) is 8.80. The molecule has 0 saturated heterocycles. The number of nitrogens with two attached hydrogens (primary N) is 1. The average Bonchev–Trinajstić information content (AvgIpc) is 2.16. The molecule has 2 rings (SSSR count). The smallest absolute Gasteiger partial charge is 0.328 e. The fraction of sp³-hybridized carbons (Fsp3) is 0.455. The van der Waals surface area contributed by atoms with Crippen molar-refractivity contribution in [1.29, 1.82) is 0 Å². The third kappa shape index (κ3) is 2.93. The highest BCUT2D eigenvalue weighted by Crippen LogP contribution is 2.39. The maximum absolute atomic E-state index is 13.0. The van der Waals surface area contributed by atoms with Gasteiger partial charge in [0, 0.05) is 16.2 Å². The molecule has 0 amide bonds. The molecule has 0 spiro atoms. The summed E-state index contributed by atoms with van der Waals surface area (Å²) in [4.78, 5) is 0.440. The van der Waals surface area contributed by atoms with E-state index in [9.17, 15) is 17.6 Å². The fourth-order valence-corrected chi connectivity index (χ4v) is 3.09. The molecule has 1 aromatic carbocycles. The molecule has 1 nitrogen and oxygen atoms in total. The van der Waals surface area contributed by atoms with Crippen LogP contribution in [-0.2, 0) is 6.18 Å². The molecule has 0 aliphatic heterocycles. The van der Waals surface area contributed by atoms with E-state index in [1.807, 2.05) is 0 Å². The second kappa shape index (κ2) is 4.49. The monoisotopic (exact) mass is 265 g/mol. The SMILES string of the molecule is N[C@H]1C[C@H](Sc2ccc(F)c(C(F)(F)F)c2)C1. The molecule has 1 aliphatic rings. The van der Waals surface area contributed by atoms with Crippen molar-refractivity contribution in [2.24, 2.45) is 5.73 Å². The van der Waals surface area contributed by atoms with Gasteiger partial charge in [0.25, 0.3) is 0 Å². The Balaban J connectivity index is 2.14. The number of thioether (sulfide) groups is 1. The van der Waals surface area contributed by atoms with Gasteiger partial charge in [-0.15, -0.1) is 11.8 Å². The van der Waals surface area contributed by atoms with Crippen molar-refractivity contribution in [2.75, 3.05) is 0 Å². The van der Waals surface area contributed by atoms with Crippen molar-refractivity contribution in [2.45, 2.75) is 35.2 Å². The zero-order valence-corrected chi connectivity index (χ0v) is 9.61. The lowest BCUT2D eigenvalue weighted by Crippen LogP contribution is -2.38. The zero-order chi connectivity index (χ0) is 12.6. The van der Waals surface area contributed by atoms with E-state index in [1.165, 1.54) is 17.8 Å². The van der Waals surface area contributed by atoms with Crippen LogP contribution in [0.25, 0.3) is 0 Å². The largest absolute Gasteiger partial charge is 0.419 e. The predicted octanol–water partition coefficient (Wildman–Crippen LogP) is 3.43. The number of halogens is 4. The molecule has 0 bridgehead atoms. The third-order valence-corrected chi connectivity index (χ3v) is 3.92. The van der Waals surface area contributed by atoms with Gasteiger partial charge < -0.3 is 5.73 Å². The molecule has 0 radical (unpaired) electrons. The number of alkyl halides is 3. The minimum Gasteiger partial charge on any atom is -0.328 e. The van der Waals surface area contributed by atoms with Crippen LogP contribution in [0.15, 0.2) is 23.1 Å². The summed E-state index contributed by atoms with van der Waals surface area (Å²) in [6.45, 7) is 0. The Morgan fingerprint density at radius 1 is 1.24 bits per heavy atom. The minimum absolute atomic E-state index is 0.148. The van der Waals surface area contributed by atoms with Gasteiger partial charge in [-0.2, -0.15) is 13.2 Å². The normalized spacial score (nSPS) is 24.5. The quantitative estimate of drug-likeness (QED) is 0.829. The van der Waals surface area contributed by atoms with Crippen LogP contribution in [0.2, 0.25) is 0 Å². The van der Waals surface area contributed by atoms with E-state index in [-0.39, 0.29) is 11.3 Å². The minimum atomic E-state index is -4.64. The summed E-state index contributed by atoms with van der Waals surface area (Å²) in [6, 6.07) is 3.25. The Kier molecular flexibility index (Phi) is 3.36. The molecule has 0 atom stereocenters. The van der Waals surface area contributed by atoms with Crippen molar-refractivity contribution in [3.8, 4) is 0 Å². The van der Waals surface area contributed by atoms with Crippen molar-refractivity contribution in [1.82, 2.24) is 0 Å². The van der Waals surface area contributed by atoms with Crippen LogP contribution in [0.3, 0.4) is 0 Å². The Hall–Kier alpha value is -0.750. The molecule has 0 heterocycles.